The average Bonchev–Trinajstić information content (AvgIpc) is 2.20. The summed E-state index contributed by atoms with van der Waals surface area (Å²) in [6.07, 6.45) is 1.55. The van der Waals surface area contributed by atoms with Gasteiger partial charge in [-0.15, -0.1) is 0 Å². The summed E-state index contributed by atoms with van der Waals surface area (Å²) < 4.78 is 0. The standard InChI is InChI=1S/C16H25NO2/c1-11(10-16(3,4)5)8-15(19)17-13-6-7-14(18)12(2)9-13/h6-7,9,11,18H,8,10H2,1-5H3,(H,17,19). The van der Waals surface area contributed by atoms with E-state index >= 15 is 0 Å². The Morgan fingerprint density at radius 1 is 1.37 bits per heavy atom. The van der Waals surface area contributed by atoms with Crippen molar-refractivity contribution in [2.45, 2.75) is 47.5 Å². The Labute approximate surface area is 116 Å². The van der Waals surface area contributed by atoms with Gasteiger partial charge >= 0.3 is 0 Å². The minimum absolute atomic E-state index is 0.0295. The van der Waals surface area contributed by atoms with Gasteiger partial charge in [0.15, 0.2) is 0 Å². The van der Waals surface area contributed by atoms with Crippen molar-refractivity contribution in [1.29, 1.82) is 0 Å². The van der Waals surface area contributed by atoms with Gasteiger partial charge in [-0.1, -0.05) is 27.7 Å². The summed E-state index contributed by atoms with van der Waals surface area (Å²) in [6.45, 7) is 10.5. The van der Waals surface area contributed by atoms with E-state index in [1.165, 1.54) is 0 Å². The van der Waals surface area contributed by atoms with Gasteiger partial charge in [0.25, 0.3) is 0 Å². The van der Waals surface area contributed by atoms with Crippen LogP contribution in [-0.2, 0) is 4.79 Å². The zero-order valence-electron chi connectivity index (χ0n) is 12.6. The minimum Gasteiger partial charge on any atom is -0.508 e. The van der Waals surface area contributed by atoms with Gasteiger partial charge in [0.2, 0.25) is 5.91 Å². The predicted molar refractivity (Wildman–Crippen MR) is 79.3 cm³/mol. The lowest BCUT2D eigenvalue weighted by Gasteiger charge is -2.22. The molecule has 0 heterocycles. The molecule has 1 unspecified atom stereocenters. The molecule has 0 bridgehead atoms. The Morgan fingerprint density at radius 3 is 2.53 bits per heavy atom. The van der Waals surface area contributed by atoms with E-state index in [9.17, 15) is 9.90 Å². The van der Waals surface area contributed by atoms with Crippen LogP contribution in [0.3, 0.4) is 0 Å². The predicted octanol–water partition coefficient (Wildman–Crippen LogP) is 4.10. The first-order chi connectivity index (χ1) is 8.67. The average molecular weight is 263 g/mol. The van der Waals surface area contributed by atoms with E-state index in [0.29, 0.717) is 12.3 Å². The minimum atomic E-state index is 0.0295. The van der Waals surface area contributed by atoms with Gasteiger partial charge in [0, 0.05) is 12.1 Å². The summed E-state index contributed by atoms with van der Waals surface area (Å²) in [6, 6.07) is 5.10. The first-order valence-corrected chi connectivity index (χ1v) is 6.77. The molecule has 0 aliphatic carbocycles. The zero-order chi connectivity index (χ0) is 14.6. The number of benzene rings is 1. The summed E-state index contributed by atoms with van der Waals surface area (Å²) in [4.78, 5) is 11.9. The number of aromatic hydroxyl groups is 1. The fraction of sp³-hybridized carbons (Fsp3) is 0.562. The molecule has 0 saturated heterocycles. The Hall–Kier alpha value is -1.51. The van der Waals surface area contributed by atoms with Crippen molar-refractivity contribution in [1.82, 2.24) is 0 Å². The number of phenols is 1. The van der Waals surface area contributed by atoms with E-state index in [1.807, 2.05) is 6.92 Å². The van der Waals surface area contributed by atoms with Crippen LogP contribution in [0.2, 0.25) is 0 Å². The second-order valence-corrected chi connectivity index (χ2v) is 6.62. The fourth-order valence-electron chi connectivity index (χ4n) is 2.38. The summed E-state index contributed by atoms with van der Waals surface area (Å²) >= 11 is 0. The second kappa shape index (κ2) is 6.09. The maximum atomic E-state index is 11.9. The molecule has 106 valence electrons. The molecule has 0 aromatic heterocycles. The number of nitrogens with one attached hydrogen (secondary N) is 1. The SMILES string of the molecule is Cc1cc(NC(=O)CC(C)CC(C)(C)C)ccc1O. The number of aryl methyl sites for hydroxylation is 1. The van der Waals surface area contributed by atoms with E-state index in [2.05, 4.69) is 33.0 Å². The molecule has 19 heavy (non-hydrogen) atoms. The lowest BCUT2D eigenvalue weighted by molar-refractivity contribution is -0.117. The van der Waals surface area contributed by atoms with Crippen molar-refractivity contribution in [3.8, 4) is 5.75 Å². The van der Waals surface area contributed by atoms with Crippen LogP contribution in [0.25, 0.3) is 0 Å². The van der Waals surface area contributed by atoms with Crippen LogP contribution in [0.1, 0.15) is 46.1 Å². The Morgan fingerprint density at radius 2 is 2.00 bits per heavy atom. The van der Waals surface area contributed by atoms with Gasteiger partial charge < -0.3 is 10.4 Å². The fourth-order valence-corrected chi connectivity index (χ4v) is 2.38. The highest BCUT2D eigenvalue weighted by Gasteiger charge is 2.17. The normalized spacial score (nSPS) is 13.1. The monoisotopic (exact) mass is 263 g/mol. The number of hydrogen-bond donors (Lipinski definition) is 2. The molecule has 2 N–H and O–H groups in total. The van der Waals surface area contributed by atoms with E-state index in [0.717, 1.165) is 17.7 Å². The van der Waals surface area contributed by atoms with Crippen LogP contribution < -0.4 is 5.32 Å². The van der Waals surface area contributed by atoms with Crippen molar-refractivity contribution < 1.29 is 9.90 Å². The van der Waals surface area contributed by atoms with Gasteiger partial charge in [-0.05, 0) is 48.4 Å². The Kier molecular flexibility index (Phi) is 4.98. The molecule has 0 spiro atoms. The van der Waals surface area contributed by atoms with Crippen LogP contribution in [0.4, 0.5) is 5.69 Å². The van der Waals surface area contributed by atoms with Crippen LogP contribution in [-0.4, -0.2) is 11.0 Å². The van der Waals surface area contributed by atoms with E-state index < -0.39 is 0 Å². The van der Waals surface area contributed by atoms with Crippen LogP contribution >= 0.6 is 0 Å². The highest BCUT2D eigenvalue weighted by Crippen LogP contribution is 2.26. The van der Waals surface area contributed by atoms with Crippen LogP contribution in [0, 0.1) is 18.3 Å². The summed E-state index contributed by atoms with van der Waals surface area (Å²) in [7, 11) is 0. The number of carbonyl (C=O) groups is 1. The molecule has 0 radical (unpaired) electrons. The smallest absolute Gasteiger partial charge is 0.224 e. The van der Waals surface area contributed by atoms with Crippen molar-refractivity contribution in [2.24, 2.45) is 11.3 Å². The molecule has 1 rings (SSSR count). The number of amides is 1. The topological polar surface area (TPSA) is 49.3 Å². The number of phenolic OH excluding ortho intramolecular Hbond substituents is 1. The Bertz CT molecular complexity index is 447. The third kappa shape index (κ3) is 5.77. The van der Waals surface area contributed by atoms with E-state index in [-0.39, 0.29) is 17.1 Å². The molecule has 0 fully saturated rings. The lowest BCUT2D eigenvalue weighted by Crippen LogP contribution is -2.18. The molecule has 1 aromatic carbocycles. The lowest BCUT2D eigenvalue weighted by atomic mass is 9.84. The molecule has 1 amide bonds. The number of hydrogen-bond acceptors (Lipinski definition) is 2. The van der Waals surface area contributed by atoms with Crippen LogP contribution in [0.5, 0.6) is 5.75 Å². The summed E-state index contributed by atoms with van der Waals surface area (Å²) in [5, 5.41) is 12.3. The third-order valence-electron chi connectivity index (χ3n) is 2.98. The molecule has 0 aliphatic rings. The summed E-state index contributed by atoms with van der Waals surface area (Å²) in [5.41, 5.74) is 1.75. The van der Waals surface area contributed by atoms with Crippen molar-refractivity contribution in [2.75, 3.05) is 5.32 Å². The quantitative estimate of drug-likeness (QED) is 0.803. The van der Waals surface area contributed by atoms with Gasteiger partial charge in [0.1, 0.15) is 5.75 Å². The second-order valence-electron chi connectivity index (χ2n) is 6.62. The zero-order valence-corrected chi connectivity index (χ0v) is 12.6. The molecule has 0 saturated carbocycles. The molecular formula is C16H25NO2. The third-order valence-corrected chi connectivity index (χ3v) is 2.98. The molecule has 3 heteroatoms. The van der Waals surface area contributed by atoms with Crippen molar-refractivity contribution in [3.05, 3.63) is 23.8 Å². The Balaban J connectivity index is 2.53. The largest absolute Gasteiger partial charge is 0.508 e. The van der Waals surface area contributed by atoms with E-state index in [4.69, 9.17) is 0 Å². The molecule has 3 nitrogen and oxygen atoms in total. The first-order valence-electron chi connectivity index (χ1n) is 6.77. The number of carbonyl (C=O) groups excluding carboxylic acids is 1. The van der Waals surface area contributed by atoms with Crippen molar-refractivity contribution >= 4 is 11.6 Å². The maximum absolute atomic E-state index is 11.9. The van der Waals surface area contributed by atoms with Crippen molar-refractivity contribution in [3.63, 3.8) is 0 Å². The summed E-state index contributed by atoms with van der Waals surface area (Å²) in [5.74, 6) is 0.638. The number of anilines is 1. The molecule has 1 atom stereocenters. The van der Waals surface area contributed by atoms with Gasteiger partial charge in [-0.3, -0.25) is 4.79 Å². The first kappa shape index (κ1) is 15.5. The van der Waals surface area contributed by atoms with Gasteiger partial charge in [-0.2, -0.15) is 0 Å². The molecular weight excluding hydrogens is 238 g/mol. The van der Waals surface area contributed by atoms with E-state index in [1.54, 1.807) is 18.2 Å². The molecule has 0 aliphatic heterocycles. The highest BCUT2D eigenvalue weighted by atomic mass is 16.3. The van der Waals surface area contributed by atoms with Crippen LogP contribution in [0.15, 0.2) is 18.2 Å². The maximum Gasteiger partial charge on any atom is 0.224 e. The van der Waals surface area contributed by atoms with Gasteiger partial charge in [0.05, 0.1) is 0 Å². The highest BCUT2D eigenvalue weighted by molar-refractivity contribution is 5.91. The van der Waals surface area contributed by atoms with Gasteiger partial charge in [-0.25, -0.2) is 0 Å². The molecule has 1 aromatic rings. The number of rotatable bonds is 4.